The summed E-state index contributed by atoms with van der Waals surface area (Å²) in [5.74, 6) is 2.35. The van der Waals surface area contributed by atoms with E-state index in [1.807, 2.05) is 44.2 Å². The fourth-order valence-corrected chi connectivity index (χ4v) is 3.58. The number of aryl methyl sites for hydroxylation is 2. The van der Waals surface area contributed by atoms with Crippen LogP contribution in [0.3, 0.4) is 0 Å². The standard InChI is InChI=1S/C21H23N3O3/c1-13-21(14(2)27-23-13)16-10-20-18(11-19(16)25-3)24(8-9-26-20)12-15-6-4-5-7-17(15)22/h4-7,10-11H,8-9,12,22H2,1-3H3. The highest BCUT2D eigenvalue weighted by Crippen LogP contribution is 2.44. The largest absolute Gasteiger partial charge is 0.496 e. The molecule has 0 radical (unpaired) electrons. The highest BCUT2D eigenvalue weighted by molar-refractivity contribution is 5.80. The van der Waals surface area contributed by atoms with Crippen molar-refractivity contribution in [3.8, 4) is 22.6 Å². The number of ether oxygens (including phenoxy) is 2. The van der Waals surface area contributed by atoms with E-state index in [2.05, 4.69) is 16.1 Å². The molecule has 0 fully saturated rings. The van der Waals surface area contributed by atoms with Gasteiger partial charge in [0.25, 0.3) is 0 Å². The van der Waals surface area contributed by atoms with Crippen molar-refractivity contribution in [1.82, 2.24) is 5.16 Å². The average Bonchev–Trinajstić information content (AvgIpc) is 3.01. The van der Waals surface area contributed by atoms with Gasteiger partial charge in [-0.05, 0) is 31.5 Å². The molecule has 1 aliphatic heterocycles. The Bertz CT molecular complexity index is 961. The minimum atomic E-state index is 0.618. The summed E-state index contributed by atoms with van der Waals surface area (Å²) in [5.41, 5.74) is 11.7. The zero-order valence-corrected chi connectivity index (χ0v) is 15.8. The molecule has 140 valence electrons. The Kier molecular flexibility index (Phi) is 4.39. The second-order valence-electron chi connectivity index (χ2n) is 6.69. The van der Waals surface area contributed by atoms with E-state index >= 15 is 0 Å². The van der Waals surface area contributed by atoms with Crippen molar-refractivity contribution in [2.24, 2.45) is 0 Å². The van der Waals surface area contributed by atoms with Crippen molar-refractivity contribution in [3.05, 3.63) is 53.4 Å². The first-order valence-electron chi connectivity index (χ1n) is 8.95. The lowest BCUT2D eigenvalue weighted by molar-refractivity contribution is 0.306. The molecule has 0 saturated heterocycles. The van der Waals surface area contributed by atoms with E-state index in [1.54, 1.807) is 7.11 Å². The molecule has 2 N–H and O–H groups in total. The molecule has 3 aromatic rings. The Morgan fingerprint density at radius 1 is 1.22 bits per heavy atom. The van der Waals surface area contributed by atoms with E-state index in [-0.39, 0.29) is 0 Å². The lowest BCUT2D eigenvalue weighted by Gasteiger charge is -2.32. The second kappa shape index (κ2) is 6.87. The third kappa shape index (κ3) is 3.07. The van der Waals surface area contributed by atoms with Gasteiger partial charge < -0.3 is 24.6 Å². The molecule has 4 rings (SSSR count). The van der Waals surface area contributed by atoms with Crippen molar-refractivity contribution in [2.45, 2.75) is 20.4 Å². The maximum Gasteiger partial charge on any atom is 0.143 e. The van der Waals surface area contributed by atoms with Gasteiger partial charge in [0.15, 0.2) is 0 Å². The van der Waals surface area contributed by atoms with Crippen LogP contribution >= 0.6 is 0 Å². The van der Waals surface area contributed by atoms with Crippen LogP contribution in [0.15, 0.2) is 40.9 Å². The van der Waals surface area contributed by atoms with Crippen LogP contribution in [-0.4, -0.2) is 25.4 Å². The van der Waals surface area contributed by atoms with Crippen LogP contribution < -0.4 is 20.1 Å². The Labute approximate surface area is 158 Å². The molecule has 6 heteroatoms. The number of anilines is 2. The topological polar surface area (TPSA) is 73.8 Å². The minimum Gasteiger partial charge on any atom is -0.496 e. The first-order chi connectivity index (χ1) is 13.1. The summed E-state index contributed by atoms with van der Waals surface area (Å²) < 4.78 is 17.0. The van der Waals surface area contributed by atoms with Gasteiger partial charge in [-0.2, -0.15) is 0 Å². The fraction of sp³-hybridized carbons (Fsp3) is 0.286. The summed E-state index contributed by atoms with van der Waals surface area (Å²) in [5, 5.41) is 4.06. The normalized spacial score (nSPS) is 13.2. The number of para-hydroxylation sites is 1. The van der Waals surface area contributed by atoms with Crippen LogP contribution in [0.1, 0.15) is 17.0 Å². The maximum atomic E-state index is 6.14. The molecule has 6 nitrogen and oxygen atoms in total. The molecule has 0 atom stereocenters. The van der Waals surface area contributed by atoms with E-state index in [4.69, 9.17) is 19.7 Å². The number of rotatable bonds is 4. The number of nitrogens with zero attached hydrogens (tertiary/aromatic N) is 2. The number of methoxy groups -OCH3 is 1. The zero-order chi connectivity index (χ0) is 19.0. The van der Waals surface area contributed by atoms with Crippen LogP contribution in [0.2, 0.25) is 0 Å². The molecule has 0 amide bonds. The lowest BCUT2D eigenvalue weighted by atomic mass is 10.0. The van der Waals surface area contributed by atoms with Crippen LogP contribution in [0.5, 0.6) is 11.5 Å². The monoisotopic (exact) mass is 365 g/mol. The van der Waals surface area contributed by atoms with Crippen LogP contribution in [-0.2, 0) is 6.54 Å². The smallest absolute Gasteiger partial charge is 0.143 e. The number of aromatic nitrogens is 1. The zero-order valence-electron chi connectivity index (χ0n) is 15.8. The second-order valence-corrected chi connectivity index (χ2v) is 6.69. The average molecular weight is 365 g/mol. The van der Waals surface area contributed by atoms with Crippen molar-refractivity contribution >= 4 is 11.4 Å². The number of hydrogen-bond acceptors (Lipinski definition) is 6. The molecule has 0 bridgehead atoms. The Balaban J connectivity index is 1.77. The van der Waals surface area contributed by atoms with Gasteiger partial charge in [-0.3, -0.25) is 0 Å². The summed E-state index contributed by atoms with van der Waals surface area (Å²) in [6.07, 6.45) is 0. The van der Waals surface area contributed by atoms with Crippen LogP contribution in [0.25, 0.3) is 11.1 Å². The van der Waals surface area contributed by atoms with Crippen LogP contribution in [0.4, 0.5) is 11.4 Å². The Hall–Kier alpha value is -3.15. The van der Waals surface area contributed by atoms with E-state index in [0.717, 1.165) is 64.1 Å². The van der Waals surface area contributed by atoms with Gasteiger partial charge in [0.1, 0.15) is 23.9 Å². The maximum absolute atomic E-state index is 6.14. The molecule has 0 saturated carbocycles. The van der Waals surface area contributed by atoms with Gasteiger partial charge in [0.2, 0.25) is 0 Å². The Morgan fingerprint density at radius 3 is 2.74 bits per heavy atom. The van der Waals surface area contributed by atoms with Gasteiger partial charge >= 0.3 is 0 Å². The van der Waals surface area contributed by atoms with E-state index in [0.29, 0.717) is 6.61 Å². The third-order valence-electron chi connectivity index (χ3n) is 4.96. The van der Waals surface area contributed by atoms with Gasteiger partial charge in [0, 0.05) is 23.9 Å². The minimum absolute atomic E-state index is 0.618. The van der Waals surface area contributed by atoms with Gasteiger partial charge in [-0.25, -0.2) is 0 Å². The predicted molar refractivity (Wildman–Crippen MR) is 105 cm³/mol. The van der Waals surface area contributed by atoms with Crippen molar-refractivity contribution in [1.29, 1.82) is 0 Å². The first-order valence-corrected chi connectivity index (χ1v) is 8.95. The van der Waals surface area contributed by atoms with E-state index < -0.39 is 0 Å². The molecule has 1 aromatic heterocycles. The molecular formula is C21H23N3O3. The number of hydrogen-bond donors (Lipinski definition) is 1. The number of benzene rings is 2. The van der Waals surface area contributed by atoms with Crippen LogP contribution in [0, 0.1) is 13.8 Å². The molecule has 0 unspecified atom stereocenters. The Morgan fingerprint density at radius 2 is 2.04 bits per heavy atom. The molecule has 2 heterocycles. The molecule has 1 aliphatic rings. The third-order valence-corrected chi connectivity index (χ3v) is 4.96. The highest BCUT2D eigenvalue weighted by Gasteiger charge is 2.24. The number of fused-ring (bicyclic) bond motifs is 1. The molecule has 2 aromatic carbocycles. The molecular weight excluding hydrogens is 342 g/mol. The van der Waals surface area contributed by atoms with E-state index in [9.17, 15) is 0 Å². The lowest BCUT2D eigenvalue weighted by Crippen LogP contribution is -2.32. The van der Waals surface area contributed by atoms with E-state index in [1.165, 1.54) is 0 Å². The molecule has 0 spiro atoms. The summed E-state index contributed by atoms with van der Waals surface area (Å²) in [4.78, 5) is 2.27. The highest BCUT2D eigenvalue weighted by atomic mass is 16.5. The summed E-state index contributed by atoms with van der Waals surface area (Å²) in [7, 11) is 1.67. The quantitative estimate of drug-likeness (QED) is 0.706. The number of nitrogens with two attached hydrogens (primary N) is 1. The number of nitrogen functional groups attached to an aromatic ring is 1. The van der Waals surface area contributed by atoms with Gasteiger partial charge in [0.05, 0.1) is 30.6 Å². The summed E-state index contributed by atoms with van der Waals surface area (Å²) in [6, 6.07) is 12.0. The summed E-state index contributed by atoms with van der Waals surface area (Å²) in [6.45, 7) is 5.95. The predicted octanol–water partition coefficient (Wildman–Crippen LogP) is 3.95. The fourth-order valence-electron chi connectivity index (χ4n) is 3.58. The van der Waals surface area contributed by atoms with Crippen molar-refractivity contribution < 1.29 is 14.0 Å². The summed E-state index contributed by atoms with van der Waals surface area (Å²) >= 11 is 0. The van der Waals surface area contributed by atoms with Gasteiger partial charge in [-0.1, -0.05) is 23.4 Å². The molecule has 0 aliphatic carbocycles. The first kappa shape index (κ1) is 17.3. The van der Waals surface area contributed by atoms with Crippen molar-refractivity contribution in [3.63, 3.8) is 0 Å². The SMILES string of the molecule is COc1cc2c(cc1-c1c(C)noc1C)OCCN2Cc1ccccc1N. The van der Waals surface area contributed by atoms with Crippen molar-refractivity contribution in [2.75, 3.05) is 30.9 Å². The molecule has 27 heavy (non-hydrogen) atoms. The van der Waals surface area contributed by atoms with Gasteiger partial charge in [-0.15, -0.1) is 0 Å².